The van der Waals surface area contributed by atoms with E-state index >= 15 is 0 Å². The average Bonchev–Trinajstić information content (AvgIpc) is 2.47. The number of anilines is 2. The number of hydrogen-bond acceptors (Lipinski definition) is 5. The molecule has 2 aromatic carbocycles. The second kappa shape index (κ2) is 4.81. The minimum absolute atomic E-state index is 0.0253. The first-order chi connectivity index (χ1) is 10.4. The maximum Gasteiger partial charge on any atom is 0.271 e. The predicted octanol–water partition coefficient (Wildman–Crippen LogP) is 1.96. The van der Waals surface area contributed by atoms with Crippen molar-refractivity contribution in [3.63, 3.8) is 0 Å². The third-order valence-corrected chi connectivity index (χ3v) is 4.55. The van der Waals surface area contributed by atoms with Crippen molar-refractivity contribution in [2.45, 2.75) is 4.90 Å². The van der Waals surface area contributed by atoms with Crippen LogP contribution in [0.15, 0.2) is 47.4 Å². The van der Waals surface area contributed by atoms with Gasteiger partial charge in [0, 0.05) is 12.1 Å². The van der Waals surface area contributed by atoms with Crippen molar-refractivity contribution >= 4 is 33.0 Å². The van der Waals surface area contributed by atoms with E-state index in [9.17, 15) is 23.3 Å². The Morgan fingerprint density at radius 3 is 2.50 bits per heavy atom. The van der Waals surface area contributed by atoms with Gasteiger partial charge in [-0.15, -0.1) is 0 Å². The fourth-order valence-corrected chi connectivity index (χ4v) is 3.40. The maximum atomic E-state index is 12.3. The Morgan fingerprint density at radius 1 is 1.05 bits per heavy atom. The molecule has 8 nitrogen and oxygen atoms in total. The molecule has 1 aliphatic rings. The molecular weight excluding hydrogens is 310 g/mol. The van der Waals surface area contributed by atoms with Gasteiger partial charge < -0.3 is 5.32 Å². The Morgan fingerprint density at radius 2 is 1.77 bits per heavy atom. The van der Waals surface area contributed by atoms with E-state index in [-0.39, 0.29) is 27.5 Å². The molecular formula is C13H9N3O5S. The second-order valence-electron chi connectivity index (χ2n) is 4.54. The summed E-state index contributed by atoms with van der Waals surface area (Å²) in [5, 5.41) is 13.3. The molecule has 1 heterocycles. The van der Waals surface area contributed by atoms with Crippen LogP contribution in [0.25, 0.3) is 0 Å². The van der Waals surface area contributed by atoms with Crippen LogP contribution < -0.4 is 10.0 Å². The number of nitro groups is 1. The Balaban J connectivity index is 2.21. The lowest BCUT2D eigenvalue weighted by molar-refractivity contribution is -0.384. The van der Waals surface area contributed by atoms with Crippen LogP contribution in [0.5, 0.6) is 0 Å². The number of fused-ring (bicyclic) bond motifs is 2. The molecule has 0 spiro atoms. The van der Waals surface area contributed by atoms with Crippen LogP contribution in [0.4, 0.5) is 17.1 Å². The zero-order chi connectivity index (χ0) is 15.9. The smallest absolute Gasteiger partial charge is 0.271 e. The third-order valence-electron chi connectivity index (χ3n) is 3.13. The van der Waals surface area contributed by atoms with Crippen LogP contribution in [0.2, 0.25) is 0 Å². The van der Waals surface area contributed by atoms with E-state index in [1.165, 1.54) is 30.3 Å². The molecule has 0 aliphatic carbocycles. The summed E-state index contributed by atoms with van der Waals surface area (Å²) in [5.74, 6) is -0.651. The Bertz CT molecular complexity index is 908. The average molecular weight is 319 g/mol. The molecule has 2 N–H and O–H groups in total. The number of nitro benzene ring substituents is 1. The first-order valence-electron chi connectivity index (χ1n) is 6.10. The summed E-state index contributed by atoms with van der Waals surface area (Å²) in [5.41, 5.74) is -0.204. The van der Waals surface area contributed by atoms with Crippen LogP contribution >= 0.6 is 0 Å². The highest BCUT2D eigenvalue weighted by molar-refractivity contribution is 7.92. The Labute approximate surface area is 125 Å². The lowest BCUT2D eigenvalue weighted by atomic mass is 10.2. The van der Waals surface area contributed by atoms with Crippen molar-refractivity contribution in [1.29, 1.82) is 0 Å². The van der Waals surface area contributed by atoms with E-state index in [0.29, 0.717) is 0 Å². The molecule has 9 heteroatoms. The summed E-state index contributed by atoms with van der Waals surface area (Å²) in [6.07, 6.45) is 0. The first-order valence-corrected chi connectivity index (χ1v) is 7.58. The number of rotatable bonds is 1. The molecule has 3 rings (SSSR count). The van der Waals surface area contributed by atoms with Gasteiger partial charge in [0.25, 0.3) is 21.6 Å². The number of carbonyl (C=O) groups is 1. The molecule has 0 saturated heterocycles. The number of benzene rings is 2. The second-order valence-corrected chi connectivity index (χ2v) is 6.19. The molecule has 0 saturated carbocycles. The highest BCUT2D eigenvalue weighted by Gasteiger charge is 2.27. The number of hydrogen-bond donors (Lipinski definition) is 2. The number of non-ortho nitro benzene ring substituents is 1. The quantitative estimate of drug-likeness (QED) is 0.615. The van der Waals surface area contributed by atoms with E-state index in [1.807, 2.05) is 0 Å². The van der Waals surface area contributed by atoms with Gasteiger partial charge in [0.05, 0.1) is 21.9 Å². The van der Waals surface area contributed by atoms with Gasteiger partial charge >= 0.3 is 0 Å². The van der Waals surface area contributed by atoms with Crippen molar-refractivity contribution in [2.75, 3.05) is 10.0 Å². The number of sulfonamides is 1. The number of carbonyl (C=O) groups excluding carboxylic acids is 1. The van der Waals surface area contributed by atoms with Crippen molar-refractivity contribution < 1.29 is 18.1 Å². The molecule has 2 aromatic rings. The molecule has 22 heavy (non-hydrogen) atoms. The summed E-state index contributed by atoms with van der Waals surface area (Å²) in [6, 6.07) is 9.21. The molecule has 0 atom stereocenters. The topological polar surface area (TPSA) is 118 Å². The van der Waals surface area contributed by atoms with E-state index in [0.717, 1.165) is 12.1 Å². The van der Waals surface area contributed by atoms with Crippen molar-refractivity contribution in [1.82, 2.24) is 0 Å². The summed E-state index contributed by atoms with van der Waals surface area (Å²) in [7, 11) is -3.96. The molecule has 0 unspecified atom stereocenters. The van der Waals surface area contributed by atoms with Crippen molar-refractivity contribution in [3.8, 4) is 0 Å². The molecule has 0 bridgehead atoms. The number of nitrogens with zero attached hydrogens (tertiary/aromatic N) is 1. The third kappa shape index (κ3) is 2.27. The molecule has 1 amide bonds. The molecule has 0 aromatic heterocycles. The van der Waals surface area contributed by atoms with E-state index in [4.69, 9.17) is 0 Å². The van der Waals surface area contributed by atoms with Crippen LogP contribution in [-0.4, -0.2) is 19.2 Å². The Kier molecular flexibility index (Phi) is 3.06. The largest absolute Gasteiger partial charge is 0.320 e. The van der Waals surface area contributed by atoms with Gasteiger partial charge in [0.15, 0.2) is 0 Å². The van der Waals surface area contributed by atoms with E-state index in [2.05, 4.69) is 10.0 Å². The summed E-state index contributed by atoms with van der Waals surface area (Å²) < 4.78 is 27.0. The fourth-order valence-electron chi connectivity index (χ4n) is 2.12. The van der Waals surface area contributed by atoms with Gasteiger partial charge in [-0.25, -0.2) is 8.42 Å². The minimum Gasteiger partial charge on any atom is -0.320 e. The maximum absolute atomic E-state index is 12.3. The zero-order valence-corrected chi connectivity index (χ0v) is 11.8. The SMILES string of the molecule is O=C1Nc2cc([N+](=O)[O-])ccc2NS(=O)(=O)c2ccccc21. The lowest BCUT2D eigenvalue weighted by Gasteiger charge is -2.18. The van der Waals surface area contributed by atoms with Crippen molar-refractivity contribution in [3.05, 3.63) is 58.1 Å². The van der Waals surface area contributed by atoms with Gasteiger partial charge in [-0.1, -0.05) is 12.1 Å². The summed E-state index contributed by atoms with van der Waals surface area (Å²) >= 11 is 0. The normalized spacial score (nSPS) is 15.4. The van der Waals surface area contributed by atoms with Crippen LogP contribution in [-0.2, 0) is 10.0 Å². The molecule has 0 radical (unpaired) electrons. The van der Waals surface area contributed by atoms with E-state index < -0.39 is 20.9 Å². The molecule has 1 aliphatic heterocycles. The Hall–Kier alpha value is -2.94. The highest BCUT2D eigenvalue weighted by atomic mass is 32.2. The highest BCUT2D eigenvalue weighted by Crippen LogP contribution is 2.32. The van der Waals surface area contributed by atoms with Gasteiger partial charge in [-0.2, -0.15) is 0 Å². The van der Waals surface area contributed by atoms with Crippen LogP contribution in [0.1, 0.15) is 10.4 Å². The lowest BCUT2D eigenvalue weighted by Crippen LogP contribution is -2.24. The summed E-state index contributed by atoms with van der Waals surface area (Å²) in [4.78, 5) is 22.2. The monoisotopic (exact) mass is 319 g/mol. The fraction of sp³-hybridized carbons (Fsp3) is 0. The summed E-state index contributed by atoms with van der Waals surface area (Å²) in [6.45, 7) is 0. The van der Waals surface area contributed by atoms with Crippen LogP contribution in [0, 0.1) is 10.1 Å². The molecule has 112 valence electrons. The van der Waals surface area contributed by atoms with Crippen molar-refractivity contribution in [2.24, 2.45) is 0 Å². The minimum atomic E-state index is -3.96. The number of amides is 1. The first kappa shape index (κ1) is 14.0. The number of nitrogens with one attached hydrogen (secondary N) is 2. The van der Waals surface area contributed by atoms with E-state index in [1.54, 1.807) is 0 Å². The van der Waals surface area contributed by atoms with Crippen LogP contribution in [0.3, 0.4) is 0 Å². The van der Waals surface area contributed by atoms with Gasteiger partial charge in [0.2, 0.25) is 0 Å². The predicted molar refractivity (Wildman–Crippen MR) is 78.3 cm³/mol. The zero-order valence-electron chi connectivity index (χ0n) is 10.9. The van der Waals surface area contributed by atoms with Gasteiger partial charge in [-0.05, 0) is 18.2 Å². The van der Waals surface area contributed by atoms with Gasteiger partial charge in [-0.3, -0.25) is 19.6 Å². The molecule has 0 fully saturated rings. The van der Waals surface area contributed by atoms with Gasteiger partial charge in [0.1, 0.15) is 4.90 Å². The standard InChI is InChI=1S/C13H9N3O5S/c17-13-9-3-1-2-4-12(9)22(20,21)15-10-6-5-8(16(18)19)7-11(10)14-13/h1-7,15H,(H,14,17).